The molecule has 4 saturated carbocycles. The van der Waals surface area contributed by atoms with Crippen LogP contribution in [0.5, 0.6) is 0 Å². The number of hydrogen-bond acceptors (Lipinski definition) is 3. The summed E-state index contributed by atoms with van der Waals surface area (Å²) in [5.41, 5.74) is 2.61. The molecule has 0 aromatic heterocycles. The third kappa shape index (κ3) is 1.27. The zero-order valence-electron chi connectivity index (χ0n) is 16.0. The Kier molecular flexibility index (Phi) is 2.58. The van der Waals surface area contributed by atoms with Gasteiger partial charge in [-0.2, -0.15) is 0 Å². The van der Waals surface area contributed by atoms with Gasteiger partial charge in [-0.25, -0.2) is 4.79 Å². The molecule has 6 rings (SSSR count). The molecule has 0 aromatic carbocycles. The second-order valence-corrected chi connectivity index (χ2v) is 12.6. The first-order valence-corrected chi connectivity index (χ1v) is 10.5. The van der Waals surface area contributed by atoms with Crippen LogP contribution in [-0.4, -0.2) is 42.5 Å². The highest BCUT2D eigenvalue weighted by Gasteiger charge is 3.07. The summed E-state index contributed by atoms with van der Waals surface area (Å²) < 4.78 is 15.6. The molecular formula is C19H28N2O3S. The van der Waals surface area contributed by atoms with Gasteiger partial charge in [0.1, 0.15) is 4.75 Å². The minimum absolute atomic E-state index is 0.167. The molecule has 0 aromatic rings. The Bertz CT molecular complexity index is 751. The van der Waals surface area contributed by atoms with Crippen molar-refractivity contribution in [2.75, 3.05) is 0 Å². The molecule has 1 amide bonds. The summed E-state index contributed by atoms with van der Waals surface area (Å²) in [6, 6.07) is 0.208. The molecule has 4 fully saturated rings. The maximum absolute atomic E-state index is 12.5. The molecule has 138 valence electrons. The summed E-state index contributed by atoms with van der Waals surface area (Å²) in [5.74, 6) is 2.10. The van der Waals surface area contributed by atoms with Crippen molar-refractivity contribution in [1.82, 2.24) is 9.62 Å². The lowest BCUT2D eigenvalue weighted by Gasteiger charge is -3.06. The number of nitrogens with one attached hydrogen (secondary N) is 1. The van der Waals surface area contributed by atoms with Crippen LogP contribution >= 0.6 is 0 Å². The summed E-state index contributed by atoms with van der Waals surface area (Å²) in [6.07, 6.45) is -0.787. The van der Waals surface area contributed by atoms with Gasteiger partial charge in [0.25, 0.3) is 0 Å². The average Bonchev–Trinajstić information content (AvgIpc) is 2.44. The molecule has 0 spiro atoms. The maximum Gasteiger partial charge on any atom is 0.408 e. The second-order valence-electron chi connectivity index (χ2n) is 10.6. The lowest BCUT2D eigenvalue weighted by atomic mass is 8.99. The molecule has 6 aliphatic rings. The number of nitrogens with zero attached hydrogens (tertiary/aromatic N) is 1. The number of carboxylic acid groups (broad SMARTS) is 1. The van der Waals surface area contributed by atoms with Gasteiger partial charge in [0, 0.05) is 28.2 Å². The molecule has 8 unspecified atom stereocenters. The van der Waals surface area contributed by atoms with Crippen molar-refractivity contribution in [3.05, 3.63) is 11.1 Å². The van der Waals surface area contributed by atoms with Crippen molar-refractivity contribution >= 4 is 17.5 Å². The number of rotatable bonds is 4. The molecule has 6 heteroatoms. The van der Waals surface area contributed by atoms with Gasteiger partial charge in [-0.15, -0.1) is 4.72 Å². The van der Waals surface area contributed by atoms with Crippen LogP contribution < -0.4 is 4.72 Å². The Morgan fingerprint density at radius 3 is 2.12 bits per heavy atom. The zero-order valence-corrected chi connectivity index (χ0v) is 16.8. The predicted octanol–water partition coefficient (Wildman–Crippen LogP) is 2.76. The van der Waals surface area contributed by atoms with Crippen LogP contribution in [0.1, 0.15) is 48.5 Å². The minimum Gasteiger partial charge on any atom is -0.598 e. The lowest BCUT2D eigenvalue weighted by Crippen LogP contribution is -3.09. The third-order valence-electron chi connectivity index (χ3n) is 7.75. The molecule has 0 aliphatic heterocycles. The van der Waals surface area contributed by atoms with E-state index < -0.39 is 17.5 Å². The van der Waals surface area contributed by atoms with Crippen molar-refractivity contribution in [1.29, 1.82) is 0 Å². The van der Waals surface area contributed by atoms with E-state index in [-0.39, 0.29) is 27.3 Å². The molecule has 0 heterocycles. The van der Waals surface area contributed by atoms with Gasteiger partial charge in [-0.05, 0) is 71.8 Å². The third-order valence-corrected chi connectivity index (χ3v) is 9.43. The van der Waals surface area contributed by atoms with Crippen LogP contribution in [0.15, 0.2) is 11.1 Å². The first-order valence-electron chi connectivity index (χ1n) is 9.31. The molecular weight excluding hydrogens is 336 g/mol. The van der Waals surface area contributed by atoms with Crippen LogP contribution in [-0.2, 0) is 11.4 Å². The fraction of sp³-hybridized carbons (Fsp3) is 0.842. The van der Waals surface area contributed by atoms with Gasteiger partial charge in [-0.3, -0.25) is 4.90 Å². The van der Waals surface area contributed by atoms with E-state index in [1.165, 1.54) is 11.1 Å². The highest BCUT2D eigenvalue weighted by Crippen LogP contribution is 3.05. The van der Waals surface area contributed by atoms with Gasteiger partial charge in [0.05, 0.1) is 11.6 Å². The Labute approximate surface area is 152 Å². The predicted molar refractivity (Wildman–Crippen MR) is 96.3 cm³/mol. The molecule has 6 aliphatic carbocycles. The van der Waals surface area contributed by atoms with Crippen molar-refractivity contribution < 1.29 is 14.5 Å². The van der Waals surface area contributed by atoms with Gasteiger partial charge >= 0.3 is 6.09 Å². The lowest BCUT2D eigenvalue weighted by molar-refractivity contribution is -0.442. The van der Waals surface area contributed by atoms with Gasteiger partial charge in [0.15, 0.2) is 0 Å². The maximum atomic E-state index is 12.5. The topological polar surface area (TPSA) is 75.6 Å². The fourth-order valence-electron chi connectivity index (χ4n) is 7.37. The zero-order chi connectivity index (χ0) is 18.5. The van der Waals surface area contributed by atoms with E-state index in [4.69, 9.17) is 0 Å². The van der Waals surface area contributed by atoms with E-state index in [0.717, 1.165) is 0 Å². The van der Waals surface area contributed by atoms with Gasteiger partial charge in [0.2, 0.25) is 0 Å². The normalized spacial score (nSPS) is 46.7. The SMILES string of the molecule is CC(N[S+]([O-])C(C)(C)C)C12C3=C4C1C1C2C3C41N(C(=O)O)C(C)(C)C. The van der Waals surface area contributed by atoms with E-state index in [0.29, 0.717) is 23.7 Å². The summed E-state index contributed by atoms with van der Waals surface area (Å²) in [6.45, 7) is 14.2. The van der Waals surface area contributed by atoms with Crippen LogP contribution in [0.25, 0.3) is 0 Å². The Hall–Kier alpha value is -0.720. The highest BCUT2D eigenvalue weighted by atomic mass is 32.2. The van der Waals surface area contributed by atoms with E-state index >= 15 is 0 Å². The van der Waals surface area contributed by atoms with Gasteiger partial charge in [-0.1, -0.05) is 5.57 Å². The summed E-state index contributed by atoms with van der Waals surface area (Å²) in [5, 5.41) is 9.84. The largest absolute Gasteiger partial charge is 0.598 e. The highest BCUT2D eigenvalue weighted by molar-refractivity contribution is 7.90. The number of amides is 1. The molecule has 0 radical (unpaired) electrons. The van der Waals surface area contributed by atoms with E-state index in [2.05, 4.69) is 11.6 Å². The number of hydrogen-bond donors (Lipinski definition) is 2. The smallest absolute Gasteiger partial charge is 0.408 e. The summed E-state index contributed by atoms with van der Waals surface area (Å²) in [7, 11) is 0. The monoisotopic (exact) mass is 364 g/mol. The van der Waals surface area contributed by atoms with Crippen LogP contribution in [0.3, 0.4) is 0 Å². The Morgan fingerprint density at radius 1 is 1.20 bits per heavy atom. The van der Waals surface area contributed by atoms with Crippen molar-refractivity contribution in [2.45, 2.75) is 70.3 Å². The van der Waals surface area contributed by atoms with E-state index in [1.54, 1.807) is 4.90 Å². The Balaban J connectivity index is 1.42. The minimum atomic E-state index is -1.06. The van der Waals surface area contributed by atoms with Crippen LogP contribution in [0, 0.1) is 29.1 Å². The summed E-state index contributed by atoms with van der Waals surface area (Å²) >= 11 is -1.06. The quantitative estimate of drug-likeness (QED) is 0.594. The van der Waals surface area contributed by atoms with Crippen molar-refractivity contribution in [2.24, 2.45) is 29.1 Å². The fourth-order valence-corrected chi connectivity index (χ4v) is 8.24. The molecule has 5 nitrogen and oxygen atoms in total. The molecule has 0 bridgehead atoms. The molecule has 2 N–H and O–H groups in total. The standard InChI is InChI=1S/C19H28N2O3S/c1-8(20-25(24)17(5,6)7)18-9-12-10(18)14-11(18)13(9)19(12,14)21(15(22)23)16(2,3)4/h8-10,12-13,20H,1-7H3,(H,22,23). The average molecular weight is 365 g/mol. The molecule has 8 atom stereocenters. The Morgan fingerprint density at radius 2 is 1.80 bits per heavy atom. The van der Waals surface area contributed by atoms with Crippen LogP contribution in [0.4, 0.5) is 4.79 Å². The molecule has 0 saturated heterocycles. The second kappa shape index (κ2) is 3.92. The van der Waals surface area contributed by atoms with Crippen molar-refractivity contribution in [3.8, 4) is 0 Å². The first-order chi connectivity index (χ1) is 11.3. The van der Waals surface area contributed by atoms with Crippen molar-refractivity contribution in [3.63, 3.8) is 0 Å². The molecule has 25 heavy (non-hydrogen) atoms. The first kappa shape index (κ1) is 16.5. The van der Waals surface area contributed by atoms with E-state index in [9.17, 15) is 14.5 Å². The van der Waals surface area contributed by atoms with Gasteiger partial charge < -0.3 is 9.66 Å². The van der Waals surface area contributed by atoms with Crippen LogP contribution in [0.2, 0.25) is 0 Å². The number of carbonyl (C=O) groups is 1. The van der Waals surface area contributed by atoms with E-state index in [1.807, 2.05) is 41.5 Å². The summed E-state index contributed by atoms with van der Waals surface area (Å²) in [4.78, 5) is 13.7.